The summed E-state index contributed by atoms with van der Waals surface area (Å²) in [7, 11) is 0. The normalized spacial score (nSPS) is 31.9. The van der Waals surface area contributed by atoms with Gasteiger partial charge in [-0.1, -0.05) is 12.8 Å². The van der Waals surface area contributed by atoms with Crippen molar-refractivity contribution in [3.8, 4) is 0 Å². The van der Waals surface area contributed by atoms with E-state index in [1.54, 1.807) is 4.90 Å². The number of hydrogen-bond donors (Lipinski definition) is 2. The van der Waals surface area contributed by atoms with E-state index < -0.39 is 11.5 Å². The van der Waals surface area contributed by atoms with Gasteiger partial charge in [0, 0.05) is 6.54 Å². The van der Waals surface area contributed by atoms with E-state index in [0.717, 1.165) is 32.1 Å². The number of hydrogen-bond acceptors (Lipinski definition) is 3. The summed E-state index contributed by atoms with van der Waals surface area (Å²) in [5.41, 5.74) is -1.03. The topological polar surface area (TPSA) is 78.9 Å². The van der Waals surface area contributed by atoms with Gasteiger partial charge in [0.1, 0.15) is 5.54 Å². The second-order valence-electron chi connectivity index (χ2n) is 6.13. The number of nitrogens with one attached hydrogen (secondary N) is 1. The van der Waals surface area contributed by atoms with Crippen molar-refractivity contribution in [1.82, 2.24) is 10.2 Å². The number of fused-ring (bicyclic) bond motifs is 1. The molecular formula is C14H22N2O4. The average molecular weight is 282 g/mol. The molecule has 3 aliphatic rings. The van der Waals surface area contributed by atoms with Crippen LogP contribution in [0.4, 0.5) is 4.79 Å². The maximum absolute atomic E-state index is 12.5. The van der Waals surface area contributed by atoms with Crippen molar-refractivity contribution in [1.29, 1.82) is 0 Å². The number of carbonyl (C=O) groups excluding carboxylic acids is 1. The molecule has 2 atom stereocenters. The van der Waals surface area contributed by atoms with Crippen molar-refractivity contribution in [2.75, 3.05) is 13.2 Å². The summed E-state index contributed by atoms with van der Waals surface area (Å²) < 4.78 is 5.74. The van der Waals surface area contributed by atoms with Crippen LogP contribution < -0.4 is 5.32 Å². The van der Waals surface area contributed by atoms with Crippen LogP contribution in [0.25, 0.3) is 0 Å². The van der Waals surface area contributed by atoms with Gasteiger partial charge in [-0.05, 0) is 32.1 Å². The van der Waals surface area contributed by atoms with Crippen molar-refractivity contribution < 1.29 is 19.4 Å². The molecule has 3 fully saturated rings. The van der Waals surface area contributed by atoms with E-state index in [1.807, 2.05) is 0 Å². The van der Waals surface area contributed by atoms with Crippen molar-refractivity contribution >= 4 is 12.0 Å². The Kier molecular flexibility index (Phi) is 3.58. The van der Waals surface area contributed by atoms with Gasteiger partial charge in [0.05, 0.1) is 18.8 Å². The number of aliphatic carboxylic acids is 1. The van der Waals surface area contributed by atoms with E-state index in [9.17, 15) is 14.7 Å². The number of urea groups is 1. The summed E-state index contributed by atoms with van der Waals surface area (Å²) in [4.78, 5) is 25.6. The summed E-state index contributed by atoms with van der Waals surface area (Å²) in [6, 6.07) is -0.115. The summed E-state index contributed by atoms with van der Waals surface area (Å²) in [6.45, 7) is 1.11. The average Bonchev–Trinajstić information content (AvgIpc) is 2.41. The molecule has 112 valence electrons. The molecule has 0 aromatic heterocycles. The van der Waals surface area contributed by atoms with Gasteiger partial charge >= 0.3 is 12.0 Å². The van der Waals surface area contributed by atoms with Crippen LogP contribution in [0.5, 0.6) is 0 Å². The highest BCUT2D eigenvalue weighted by atomic mass is 16.5. The number of carbonyl (C=O) groups is 2. The molecule has 2 amide bonds. The highest BCUT2D eigenvalue weighted by molar-refractivity contribution is 5.87. The third-order valence-electron chi connectivity index (χ3n) is 4.96. The third-order valence-corrected chi connectivity index (χ3v) is 4.96. The first-order valence-corrected chi connectivity index (χ1v) is 7.56. The van der Waals surface area contributed by atoms with Gasteiger partial charge in [0.2, 0.25) is 0 Å². The molecule has 6 heteroatoms. The van der Waals surface area contributed by atoms with Crippen molar-refractivity contribution in [3.05, 3.63) is 0 Å². The first kappa shape index (κ1) is 13.7. The van der Waals surface area contributed by atoms with Crippen LogP contribution in [0.15, 0.2) is 0 Å². The number of morpholine rings is 1. The van der Waals surface area contributed by atoms with Crippen LogP contribution in [0.3, 0.4) is 0 Å². The van der Waals surface area contributed by atoms with Crippen LogP contribution in [-0.4, -0.2) is 52.8 Å². The minimum absolute atomic E-state index is 0.114. The number of carboxylic acid groups (broad SMARTS) is 1. The Morgan fingerprint density at radius 3 is 2.60 bits per heavy atom. The Morgan fingerprint density at radius 1 is 1.20 bits per heavy atom. The van der Waals surface area contributed by atoms with E-state index in [4.69, 9.17) is 4.74 Å². The van der Waals surface area contributed by atoms with Gasteiger partial charge in [-0.25, -0.2) is 9.59 Å². The number of amides is 2. The van der Waals surface area contributed by atoms with Gasteiger partial charge in [-0.3, -0.25) is 0 Å². The molecule has 0 radical (unpaired) electrons. The molecule has 20 heavy (non-hydrogen) atoms. The lowest BCUT2D eigenvalue weighted by Crippen LogP contribution is -2.65. The molecular weight excluding hydrogens is 260 g/mol. The second-order valence-corrected chi connectivity index (χ2v) is 6.13. The zero-order chi connectivity index (χ0) is 14.2. The molecule has 0 bridgehead atoms. The standard InChI is InChI=1S/C14H22N2O4/c17-12(18)14(6-3-7-14)15-13(19)16-8-9-20-11-5-2-1-4-10(11)16/h10-11H,1-9H2,(H,15,19)(H,17,18). The molecule has 6 nitrogen and oxygen atoms in total. The number of rotatable bonds is 2. The molecule has 1 saturated heterocycles. The minimum Gasteiger partial charge on any atom is -0.480 e. The van der Waals surface area contributed by atoms with Crippen molar-refractivity contribution in [2.24, 2.45) is 0 Å². The van der Waals surface area contributed by atoms with Crippen LogP contribution >= 0.6 is 0 Å². The van der Waals surface area contributed by atoms with Gasteiger partial charge in [-0.2, -0.15) is 0 Å². The zero-order valence-corrected chi connectivity index (χ0v) is 11.6. The quantitative estimate of drug-likeness (QED) is 0.801. The zero-order valence-electron chi connectivity index (χ0n) is 11.6. The van der Waals surface area contributed by atoms with Crippen LogP contribution in [0.2, 0.25) is 0 Å². The highest BCUT2D eigenvalue weighted by Gasteiger charge is 2.47. The molecule has 2 unspecified atom stereocenters. The smallest absolute Gasteiger partial charge is 0.329 e. The Morgan fingerprint density at radius 2 is 1.95 bits per heavy atom. The molecule has 0 spiro atoms. The lowest BCUT2D eigenvalue weighted by molar-refractivity contribution is -0.148. The highest BCUT2D eigenvalue weighted by Crippen LogP contribution is 2.33. The SMILES string of the molecule is O=C(NC1(C(=O)O)CCC1)N1CCOC2CCCCC21. The fourth-order valence-electron chi connectivity index (χ4n) is 3.55. The van der Waals surface area contributed by atoms with Gasteiger partial charge in [-0.15, -0.1) is 0 Å². The Hall–Kier alpha value is -1.30. The fraction of sp³-hybridized carbons (Fsp3) is 0.857. The maximum atomic E-state index is 12.5. The molecule has 0 aromatic carbocycles. The number of nitrogens with zero attached hydrogens (tertiary/aromatic N) is 1. The summed E-state index contributed by atoms with van der Waals surface area (Å²) >= 11 is 0. The molecule has 2 N–H and O–H groups in total. The number of carboxylic acids is 1. The molecule has 3 rings (SSSR count). The first-order chi connectivity index (χ1) is 9.62. The van der Waals surface area contributed by atoms with Crippen LogP contribution in [-0.2, 0) is 9.53 Å². The van der Waals surface area contributed by atoms with Crippen molar-refractivity contribution in [3.63, 3.8) is 0 Å². The maximum Gasteiger partial charge on any atom is 0.329 e. The summed E-state index contributed by atoms with van der Waals surface area (Å²) in [5, 5.41) is 12.1. The van der Waals surface area contributed by atoms with Crippen LogP contribution in [0, 0.1) is 0 Å². The van der Waals surface area contributed by atoms with E-state index in [2.05, 4.69) is 5.32 Å². The second kappa shape index (κ2) is 5.24. The predicted octanol–water partition coefficient (Wildman–Crippen LogP) is 1.35. The van der Waals surface area contributed by atoms with Crippen LogP contribution in [0.1, 0.15) is 44.9 Å². The monoisotopic (exact) mass is 282 g/mol. The molecule has 1 heterocycles. The molecule has 1 aliphatic heterocycles. The summed E-state index contributed by atoms with van der Waals surface area (Å²) in [5.74, 6) is -0.912. The van der Waals surface area contributed by atoms with Gasteiger partial charge < -0.3 is 20.1 Å². The Balaban J connectivity index is 1.68. The van der Waals surface area contributed by atoms with E-state index in [0.29, 0.717) is 26.0 Å². The third kappa shape index (κ3) is 2.26. The van der Waals surface area contributed by atoms with E-state index in [-0.39, 0.29) is 18.2 Å². The summed E-state index contributed by atoms with van der Waals surface area (Å²) in [6.07, 6.45) is 6.27. The number of ether oxygens (including phenoxy) is 1. The van der Waals surface area contributed by atoms with Gasteiger partial charge in [0.25, 0.3) is 0 Å². The molecule has 2 aliphatic carbocycles. The Labute approximate surface area is 118 Å². The predicted molar refractivity (Wildman–Crippen MR) is 71.5 cm³/mol. The lowest BCUT2D eigenvalue weighted by atomic mass is 9.77. The van der Waals surface area contributed by atoms with E-state index in [1.165, 1.54) is 0 Å². The molecule has 2 saturated carbocycles. The van der Waals surface area contributed by atoms with E-state index >= 15 is 0 Å². The Bertz CT molecular complexity index is 406. The fourth-order valence-corrected chi connectivity index (χ4v) is 3.55. The molecule has 0 aromatic rings. The van der Waals surface area contributed by atoms with Crippen molar-refractivity contribution in [2.45, 2.75) is 62.6 Å². The largest absolute Gasteiger partial charge is 0.480 e. The minimum atomic E-state index is -1.03. The lowest BCUT2D eigenvalue weighted by Gasteiger charge is -2.46. The van der Waals surface area contributed by atoms with Gasteiger partial charge in [0.15, 0.2) is 0 Å². The first-order valence-electron chi connectivity index (χ1n) is 7.56.